The van der Waals surface area contributed by atoms with Gasteiger partial charge in [-0.15, -0.1) is 5.10 Å². The van der Waals surface area contributed by atoms with E-state index in [1.54, 1.807) is 0 Å². The number of hydrogen-bond acceptors (Lipinski definition) is 7. The van der Waals surface area contributed by atoms with Crippen LogP contribution in [0, 0.1) is 25.2 Å². The highest BCUT2D eigenvalue weighted by Gasteiger charge is 2.15. The van der Waals surface area contributed by atoms with Crippen LogP contribution >= 0.6 is 0 Å². The van der Waals surface area contributed by atoms with Crippen LogP contribution in [0.2, 0.25) is 0 Å². The first-order valence-corrected chi connectivity index (χ1v) is 9.48. The van der Waals surface area contributed by atoms with Crippen LogP contribution in [0.15, 0.2) is 30.5 Å². The van der Waals surface area contributed by atoms with Crippen molar-refractivity contribution in [2.24, 2.45) is 0 Å². The number of nitrogens with one attached hydrogen (secondary N) is 2. The number of piperazine rings is 1. The Kier molecular flexibility index (Phi) is 5.04. The van der Waals surface area contributed by atoms with Crippen molar-refractivity contribution >= 4 is 22.4 Å². The topological polar surface area (TPSA) is 89.8 Å². The molecule has 3 heterocycles. The summed E-state index contributed by atoms with van der Waals surface area (Å²) >= 11 is 0. The van der Waals surface area contributed by atoms with Gasteiger partial charge in [0.25, 0.3) is 0 Å². The van der Waals surface area contributed by atoms with Gasteiger partial charge in [-0.1, -0.05) is 12.1 Å². The Morgan fingerprint density at radius 1 is 1.18 bits per heavy atom. The maximum Gasteiger partial charge on any atom is 0.157 e. The van der Waals surface area contributed by atoms with Gasteiger partial charge in [-0.2, -0.15) is 10.4 Å². The Balaban J connectivity index is 1.66. The van der Waals surface area contributed by atoms with E-state index < -0.39 is 0 Å². The number of benzene rings is 1. The van der Waals surface area contributed by atoms with Crippen molar-refractivity contribution in [1.82, 2.24) is 20.5 Å². The average Bonchev–Trinajstić information content (AvgIpc) is 2.74. The van der Waals surface area contributed by atoms with E-state index in [-0.39, 0.29) is 0 Å². The molecule has 4 rings (SSSR count). The maximum atomic E-state index is 9.25. The first kappa shape index (κ1) is 18.1. The Morgan fingerprint density at radius 3 is 2.79 bits per heavy atom. The molecule has 1 saturated heterocycles. The standard InChI is InChI=1S/C21H23N7/c1-14-16(11-22)4-3-5-17(14)12-25-21-18-10-20(28-8-6-23-7-9-28)24-13-19(18)15(2)26-27-21/h3-5,10,13,23H,6-9,12H2,1-2H3,(H,25,27). The van der Waals surface area contributed by atoms with Crippen LogP contribution in [-0.2, 0) is 6.54 Å². The van der Waals surface area contributed by atoms with Crippen molar-refractivity contribution in [2.75, 3.05) is 36.4 Å². The lowest BCUT2D eigenvalue weighted by molar-refractivity contribution is 0.585. The molecule has 7 heteroatoms. The first-order valence-electron chi connectivity index (χ1n) is 9.48. The van der Waals surface area contributed by atoms with E-state index in [1.807, 2.05) is 38.2 Å². The van der Waals surface area contributed by atoms with Crippen LogP contribution in [0.1, 0.15) is 22.4 Å². The Morgan fingerprint density at radius 2 is 2.00 bits per heavy atom. The average molecular weight is 373 g/mol. The summed E-state index contributed by atoms with van der Waals surface area (Å²) in [5, 5.41) is 26.7. The zero-order chi connectivity index (χ0) is 19.5. The van der Waals surface area contributed by atoms with Crippen LogP contribution in [-0.4, -0.2) is 41.4 Å². The molecule has 1 aliphatic rings. The Labute approximate surface area is 164 Å². The second-order valence-corrected chi connectivity index (χ2v) is 7.01. The summed E-state index contributed by atoms with van der Waals surface area (Å²) in [7, 11) is 0. The summed E-state index contributed by atoms with van der Waals surface area (Å²) < 4.78 is 0. The van der Waals surface area contributed by atoms with E-state index in [9.17, 15) is 5.26 Å². The lowest BCUT2D eigenvalue weighted by Gasteiger charge is -2.28. The zero-order valence-electron chi connectivity index (χ0n) is 16.2. The summed E-state index contributed by atoms with van der Waals surface area (Å²) in [6.45, 7) is 8.32. The summed E-state index contributed by atoms with van der Waals surface area (Å²) in [6.07, 6.45) is 1.89. The number of aromatic nitrogens is 3. The molecule has 7 nitrogen and oxygen atoms in total. The number of fused-ring (bicyclic) bond motifs is 1. The number of hydrogen-bond donors (Lipinski definition) is 2. The third-order valence-electron chi connectivity index (χ3n) is 5.29. The molecule has 3 aromatic rings. The molecule has 1 aliphatic heterocycles. The van der Waals surface area contributed by atoms with Gasteiger partial charge in [0.2, 0.25) is 0 Å². The molecule has 142 valence electrons. The number of aryl methyl sites for hydroxylation is 1. The number of nitriles is 1. The van der Waals surface area contributed by atoms with Gasteiger partial charge >= 0.3 is 0 Å². The SMILES string of the molecule is Cc1c(C#N)cccc1CNc1nnc(C)c2cnc(N3CCNCC3)cc12. The van der Waals surface area contributed by atoms with Crippen LogP contribution in [0.25, 0.3) is 10.8 Å². The third-order valence-corrected chi connectivity index (χ3v) is 5.29. The van der Waals surface area contributed by atoms with Crippen LogP contribution in [0.5, 0.6) is 0 Å². The highest BCUT2D eigenvalue weighted by atomic mass is 15.2. The van der Waals surface area contributed by atoms with Gasteiger partial charge in [-0.25, -0.2) is 4.98 Å². The summed E-state index contributed by atoms with van der Waals surface area (Å²) in [4.78, 5) is 6.94. The first-order chi connectivity index (χ1) is 13.7. The number of nitrogens with zero attached hydrogens (tertiary/aromatic N) is 5. The predicted molar refractivity (Wildman–Crippen MR) is 110 cm³/mol. The fourth-order valence-corrected chi connectivity index (χ4v) is 3.53. The highest BCUT2D eigenvalue weighted by Crippen LogP contribution is 2.27. The monoisotopic (exact) mass is 373 g/mol. The molecule has 0 saturated carbocycles. The molecule has 0 unspecified atom stereocenters. The molecule has 1 fully saturated rings. The minimum Gasteiger partial charge on any atom is -0.364 e. The minimum atomic E-state index is 0.583. The van der Waals surface area contributed by atoms with E-state index in [0.29, 0.717) is 12.1 Å². The second-order valence-electron chi connectivity index (χ2n) is 7.01. The Hall–Kier alpha value is -3.24. The molecule has 0 amide bonds. The molecule has 0 aliphatic carbocycles. The molecule has 2 N–H and O–H groups in total. The minimum absolute atomic E-state index is 0.583. The molecule has 1 aromatic carbocycles. The number of rotatable bonds is 4. The van der Waals surface area contributed by atoms with Gasteiger partial charge in [-0.05, 0) is 37.1 Å². The number of anilines is 2. The number of pyridine rings is 1. The van der Waals surface area contributed by atoms with Crippen molar-refractivity contribution in [1.29, 1.82) is 5.26 Å². The molecular weight excluding hydrogens is 350 g/mol. The van der Waals surface area contributed by atoms with E-state index in [1.165, 1.54) is 0 Å². The second kappa shape index (κ2) is 7.79. The lowest BCUT2D eigenvalue weighted by Crippen LogP contribution is -2.43. The molecule has 0 atom stereocenters. The smallest absolute Gasteiger partial charge is 0.157 e. The van der Waals surface area contributed by atoms with Crippen LogP contribution in [0.4, 0.5) is 11.6 Å². The van der Waals surface area contributed by atoms with Crippen LogP contribution < -0.4 is 15.5 Å². The summed E-state index contributed by atoms with van der Waals surface area (Å²) in [6, 6.07) is 10.1. The molecule has 2 aromatic heterocycles. The lowest BCUT2D eigenvalue weighted by atomic mass is 10.0. The third kappa shape index (κ3) is 3.47. The maximum absolute atomic E-state index is 9.25. The largest absolute Gasteiger partial charge is 0.364 e. The van der Waals surface area contributed by atoms with Gasteiger partial charge in [0.15, 0.2) is 5.82 Å². The molecule has 0 radical (unpaired) electrons. The summed E-state index contributed by atoms with van der Waals surface area (Å²) in [5.74, 6) is 1.70. The molecule has 0 spiro atoms. The fraction of sp³-hybridized carbons (Fsp3) is 0.333. The van der Waals surface area contributed by atoms with Crippen molar-refractivity contribution < 1.29 is 0 Å². The van der Waals surface area contributed by atoms with Crippen molar-refractivity contribution in [3.8, 4) is 6.07 Å². The molecule has 0 bridgehead atoms. The summed E-state index contributed by atoms with van der Waals surface area (Å²) in [5.41, 5.74) is 3.63. The van der Waals surface area contributed by atoms with Crippen molar-refractivity contribution in [2.45, 2.75) is 20.4 Å². The van der Waals surface area contributed by atoms with Gasteiger partial charge in [-0.3, -0.25) is 0 Å². The predicted octanol–water partition coefficient (Wildman–Crippen LogP) is 2.54. The van der Waals surface area contributed by atoms with Gasteiger partial charge in [0.1, 0.15) is 5.82 Å². The van der Waals surface area contributed by atoms with E-state index >= 15 is 0 Å². The fourth-order valence-electron chi connectivity index (χ4n) is 3.53. The zero-order valence-corrected chi connectivity index (χ0v) is 16.2. The Bertz CT molecular complexity index is 1050. The van der Waals surface area contributed by atoms with Gasteiger partial charge < -0.3 is 15.5 Å². The van der Waals surface area contributed by atoms with Crippen molar-refractivity contribution in [3.05, 3.63) is 52.8 Å². The van der Waals surface area contributed by atoms with Crippen molar-refractivity contribution in [3.63, 3.8) is 0 Å². The van der Waals surface area contributed by atoms with Gasteiger partial charge in [0, 0.05) is 49.7 Å². The normalized spacial score (nSPS) is 14.1. The quantitative estimate of drug-likeness (QED) is 0.726. The van der Waals surface area contributed by atoms with Crippen LogP contribution in [0.3, 0.4) is 0 Å². The molecular formula is C21H23N7. The van der Waals surface area contributed by atoms with E-state index in [4.69, 9.17) is 0 Å². The van der Waals surface area contributed by atoms with E-state index in [0.717, 1.165) is 65.4 Å². The highest BCUT2D eigenvalue weighted by molar-refractivity contribution is 5.94. The van der Waals surface area contributed by atoms with Gasteiger partial charge in [0.05, 0.1) is 17.3 Å². The molecule has 28 heavy (non-hydrogen) atoms. The van der Waals surface area contributed by atoms with E-state index in [2.05, 4.69) is 42.9 Å².